The summed E-state index contributed by atoms with van der Waals surface area (Å²) in [4.78, 5) is 48.1. The zero-order chi connectivity index (χ0) is 21.6. The van der Waals surface area contributed by atoms with E-state index in [1.165, 1.54) is 6.92 Å². The number of Topliss-reactive ketones (excluding diaryl/α,β-unsaturated/α-hetero) is 1. The number of hydrogen-bond donors (Lipinski definition) is 2. The SMILES string of the molecule is CCOC(=O)C(Cc1ccc(C(N)=O)cc1)(Cc1ccc(C(N)=O)cc1)C(C)=O. The molecule has 29 heavy (non-hydrogen) atoms. The molecule has 0 fully saturated rings. The van der Waals surface area contributed by atoms with Gasteiger partial charge in [0.2, 0.25) is 11.8 Å². The molecule has 7 heteroatoms. The van der Waals surface area contributed by atoms with Crippen LogP contribution in [0.1, 0.15) is 45.7 Å². The molecule has 0 aliphatic rings. The summed E-state index contributed by atoms with van der Waals surface area (Å²) >= 11 is 0. The largest absolute Gasteiger partial charge is 0.465 e. The van der Waals surface area contributed by atoms with E-state index in [9.17, 15) is 19.2 Å². The van der Waals surface area contributed by atoms with Gasteiger partial charge in [-0.2, -0.15) is 0 Å². The van der Waals surface area contributed by atoms with Crippen molar-refractivity contribution in [3.05, 3.63) is 70.8 Å². The maximum atomic E-state index is 12.9. The van der Waals surface area contributed by atoms with Crippen molar-refractivity contribution in [3.8, 4) is 0 Å². The van der Waals surface area contributed by atoms with Gasteiger partial charge in [0.1, 0.15) is 11.2 Å². The summed E-state index contributed by atoms with van der Waals surface area (Å²) in [6, 6.07) is 12.8. The van der Waals surface area contributed by atoms with Gasteiger partial charge in [-0.3, -0.25) is 19.2 Å². The molecule has 0 radical (unpaired) electrons. The summed E-state index contributed by atoms with van der Waals surface area (Å²) in [5, 5.41) is 0. The van der Waals surface area contributed by atoms with Crippen molar-refractivity contribution in [2.75, 3.05) is 6.61 Å². The average molecular weight is 396 g/mol. The zero-order valence-corrected chi connectivity index (χ0v) is 16.4. The molecule has 4 N–H and O–H groups in total. The van der Waals surface area contributed by atoms with Crippen LogP contribution in [-0.4, -0.2) is 30.2 Å². The molecule has 0 aliphatic heterocycles. The Morgan fingerprint density at radius 1 is 0.793 bits per heavy atom. The number of rotatable bonds is 9. The van der Waals surface area contributed by atoms with Crippen LogP contribution in [0.3, 0.4) is 0 Å². The van der Waals surface area contributed by atoms with Crippen LogP contribution in [0.2, 0.25) is 0 Å². The molecule has 2 aromatic carbocycles. The fourth-order valence-electron chi connectivity index (χ4n) is 3.14. The van der Waals surface area contributed by atoms with E-state index in [1.807, 2.05) is 0 Å². The average Bonchev–Trinajstić information content (AvgIpc) is 2.68. The van der Waals surface area contributed by atoms with Crippen molar-refractivity contribution in [2.24, 2.45) is 16.9 Å². The van der Waals surface area contributed by atoms with Crippen LogP contribution < -0.4 is 11.5 Å². The van der Waals surface area contributed by atoms with Crippen LogP contribution in [0.5, 0.6) is 0 Å². The Labute approximate surface area is 169 Å². The molecule has 0 bridgehead atoms. The molecule has 0 atom stereocenters. The molecule has 0 spiro atoms. The second kappa shape index (κ2) is 9.14. The predicted molar refractivity (Wildman–Crippen MR) is 107 cm³/mol. The number of amides is 2. The van der Waals surface area contributed by atoms with Gasteiger partial charge in [-0.1, -0.05) is 24.3 Å². The third-order valence-corrected chi connectivity index (χ3v) is 4.83. The number of hydrogen-bond acceptors (Lipinski definition) is 5. The summed E-state index contributed by atoms with van der Waals surface area (Å²) in [7, 11) is 0. The van der Waals surface area contributed by atoms with Gasteiger partial charge in [-0.15, -0.1) is 0 Å². The number of carbonyl (C=O) groups is 4. The first-order chi connectivity index (χ1) is 13.7. The van der Waals surface area contributed by atoms with Crippen molar-refractivity contribution in [2.45, 2.75) is 26.7 Å². The maximum absolute atomic E-state index is 12.9. The van der Waals surface area contributed by atoms with E-state index in [1.54, 1.807) is 55.5 Å². The normalized spacial score (nSPS) is 11.0. The first-order valence-corrected chi connectivity index (χ1v) is 9.15. The monoisotopic (exact) mass is 396 g/mol. The highest BCUT2D eigenvalue weighted by Crippen LogP contribution is 2.31. The Bertz CT molecular complexity index is 858. The number of ketones is 1. The highest BCUT2D eigenvalue weighted by atomic mass is 16.5. The van der Waals surface area contributed by atoms with Crippen molar-refractivity contribution in [1.29, 1.82) is 0 Å². The standard InChI is InChI=1S/C22H24N2O5/c1-3-29-21(28)22(14(2)25,12-15-4-8-17(9-5-15)19(23)26)13-16-6-10-18(11-7-16)20(24)27/h4-11H,3,12-13H2,1-2H3,(H2,23,26)(H2,24,27). The van der Waals surface area contributed by atoms with E-state index < -0.39 is 23.2 Å². The quantitative estimate of drug-likeness (QED) is 0.493. The summed E-state index contributed by atoms with van der Waals surface area (Å²) in [5.74, 6) is -2.08. The van der Waals surface area contributed by atoms with Gasteiger partial charge in [0.15, 0.2) is 0 Å². The molecule has 2 rings (SSSR count). The van der Waals surface area contributed by atoms with Crippen LogP contribution in [0.25, 0.3) is 0 Å². The van der Waals surface area contributed by atoms with E-state index in [0.29, 0.717) is 22.3 Å². The molecule has 0 heterocycles. The van der Waals surface area contributed by atoms with Gasteiger partial charge in [0.05, 0.1) is 6.61 Å². The lowest BCUT2D eigenvalue weighted by Gasteiger charge is -2.29. The van der Waals surface area contributed by atoms with Gasteiger partial charge in [0.25, 0.3) is 0 Å². The number of esters is 1. The number of primary amides is 2. The summed E-state index contributed by atoms with van der Waals surface area (Å²) in [6.07, 6.45) is 0.190. The molecule has 0 aromatic heterocycles. The molecule has 152 valence electrons. The summed E-state index contributed by atoms with van der Waals surface area (Å²) < 4.78 is 5.23. The highest BCUT2D eigenvalue weighted by Gasteiger charge is 2.45. The Kier molecular flexibility index (Phi) is 6.88. The number of ether oxygens (including phenoxy) is 1. The summed E-state index contributed by atoms with van der Waals surface area (Å²) in [6.45, 7) is 3.16. The lowest BCUT2D eigenvalue weighted by Crippen LogP contribution is -2.43. The Morgan fingerprint density at radius 2 is 1.17 bits per heavy atom. The van der Waals surface area contributed by atoms with E-state index in [-0.39, 0.29) is 25.2 Å². The zero-order valence-electron chi connectivity index (χ0n) is 16.4. The van der Waals surface area contributed by atoms with E-state index in [0.717, 1.165) is 0 Å². The molecule has 0 aliphatic carbocycles. The summed E-state index contributed by atoms with van der Waals surface area (Å²) in [5.41, 5.74) is 11.1. The Morgan fingerprint density at radius 3 is 1.45 bits per heavy atom. The van der Waals surface area contributed by atoms with Crippen LogP contribution in [0.15, 0.2) is 48.5 Å². The van der Waals surface area contributed by atoms with Crippen molar-refractivity contribution < 1.29 is 23.9 Å². The number of nitrogens with two attached hydrogens (primary N) is 2. The van der Waals surface area contributed by atoms with Crippen LogP contribution in [0, 0.1) is 5.41 Å². The van der Waals surface area contributed by atoms with E-state index >= 15 is 0 Å². The number of carbonyl (C=O) groups excluding carboxylic acids is 4. The van der Waals surface area contributed by atoms with Gasteiger partial charge in [0, 0.05) is 11.1 Å². The molecule has 0 saturated heterocycles. The predicted octanol–water partition coefficient (Wildman–Crippen LogP) is 1.81. The van der Waals surface area contributed by atoms with Crippen LogP contribution in [-0.2, 0) is 27.2 Å². The lowest BCUT2D eigenvalue weighted by atomic mass is 9.73. The van der Waals surface area contributed by atoms with Crippen LogP contribution >= 0.6 is 0 Å². The lowest BCUT2D eigenvalue weighted by molar-refractivity contribution is -0.159. The molecule has 0 unspecified atom stereocenters. The maximum Gasteiger partial charge on any atom is 0.320 e. The third kappa shape index (κ3) is 5.07. The molecule has 7 nitrogen and oxygen atoms in total. The van der Waals surface area contributed by atoms with Crippen molar-refractivity contribution >= 4 is 23.6 Å². The molecule has 2 aromatic rings. The van der Waals surface area contributed by atoms with E-state index in [4.69, 9.17) is 16.2 Å². The number of benzene rings is 2. The fourth-order valence-corrected chi connectivity index (χ4v) is 3.14. The highest BCUT2D eigenvalue weighted by molar-refractivity contribution is 6.03. The van der Waals surface area contributed by atoms with Crippen molar-refractivity contribution in [1.82, 2.24) is 0 Å². The molecular formula is C22H24N2O5. The Balaban J connectivity index is 2.43. The minimum absolute atomic E-state index is 0.0950. The smallest absolute Gasteiger partial charge is 0.320 e. The minimum Gasteiger partial charge on any atom is -0.465 e. The Hall–Kier alpha value is -3.48. The second-order valence-corrected chi connectivity index (χ2v) is 6.83. The van der Waals surface area contributed by atoms with Crippen molar-refractivity contribution in [3.63, 3.8) is 0 Å². The molecule has 0 saturated carbocycles. The van der Waals surface area contributed by atoms with E-state index in [2.05, 4.69) is 0 Å². The first kappa shape index (κ1) is 21.8. The van der Waals surface area contributed by atoms with Gasteiger partial charge in [-0.25, -0.2) is 0 Å². The topological polar surface area (TPSA) is 130 Å². The first-order valence-electron chi connectivity index (χ1n) is 9.15. The van der Waals surface area contributed by atoms with Gasteiger partial charge >= 0.3 is 5.97 Å². The van der Waals surface area contributed by atoms with Gasteiger partial charge in [-0.05, 0) is 62.1 Å². The second-order valence-electron chi connectivity index (χ2n) is 6.83. The van der Waals surface area contributed by atoms with Gasteiger partial charge < -0.3 is 16.2 Å². The minimum atomic E-state index is -1.45. The fraction of sp³-hybridized carbons (Fsp3) is 0.273. The molecular weight excluding hydrogens is 372 g/mol. The third-order valence-electron chi connectivity index (χ3n) is 4.83. The van der Waals surface area contributed by atoms with Crippen LogP contribution in [0.4, 0.5) is 0 Å². The molecule has 2 amide bonds.